The van der Waals surface area contributed by atoms with Crippen molar-refractivity contribution >= 4 is 11.7 Å². The molecule has 2 aliphatic rings. The highest BCUT2D eigenvalue weighted by Crippen LogP contribution is 2.27. The highest BCUT2D eigenvalue weighted by molar-refractivity contribution is 5.94. The average molecular weight is 289 g/mol. The van der Waals surface area contributed by atoms with E-state index in [4.69, 9.17) is 4.74 Å². The van der Waals surface area contributed by atoms with Crippen LogP contribution in [0.5, 0.6) is 0 Å². The van der Waals surface area contributed by atoms with Crippen molar-refractivity contribution < 1.29 is 9.53 Å². The Morgan fingerprint density at radius 2 is 2.05 bits per heavy atom. The van der Waals surface area contributed by atoms with E-state index >= 15 is 0 Å². The molecule has 1 N–H and O–H groups in total. The number of para-hydroxylation sites is 1. The molecule has 0 bridgehead atoms. The molecule has 0 radical (unpaired) electrons. The van der Waals surface area contributed by atoms with Gasteiger partial charge >= 0.3 is 6.03 Å². The molecule has 0 spiro atoms. The summed E-state index contributed by atoms with van der Waals surface area (Å²) in [5, 5.41) is 3.07. The van der Waals surface area contributed by atoms with Gasteiger partial charge in [0.25, 0.3) is 0 Å². The van der Waals surface area contributed by atoms with Gasteiger partial charge in [-0.15, -0.1) is 0 Å². The number of morpholine rings is 1. The fourth-order valence-corrected chi connectivity index (χ4v) is 3.03. The Morgan fingerprint density at radius 3 is 2.86 bits per heavy atom. The van der Waals surface area contributed by atoms with Crippen LogP contribution < -0.4 is 10.2 Å². The van der Waals surface area contributed by atoms with Crippen LogP contribution in [-0.4, -0.2) is 56.4 Å². The van der Waals surface area contributed by atoms with Gasteiger partial charge < -0.3 is 10.1 Å². The van der Waals surface area contributed by atoms with E-state index < -0.39 is 0 Å². The predicted octanol–water partition coefficient (Wildman–Crippen LogP) is 1.48. The number of rotatable bonds is 3. The van der Waals surface area contributed by atoms with Crippen LogP contribution >= 0.6 is 0 Å². The molecule has 1 unspecified atom stereocenters. The van der Waals surface area contributed by atoms with Crippen molar-refractivity contribution in [3.63, 3.8) is 0 Å². The largest absolute Gasteiger partial charge is 0.379 e. The third kappa shape index (κ3) is 3.19. The third-order valence-corrected chi connectivity index (χ3v) is 4.35. The van der Waals surface area contributed by atoms with Crippen molar-refractivity contribution in [3.8, 4) is 0 Å². The number of carbonyl (C=O) groups excluding carboxylic acids is 1. The Labute approximate surface area is 125 Å². The van der Waals surface area contributed by atoms with E-state index in [1.54, 1.807) is 0 Å². The number of anilines is 1. The number of fused-ring (bicyclic) bond motifs is 1. The van der Waals surface area contributed by atoms with E-state index in [9.17, 15) is 4.79 Å². The molecule has 114 valence electrons. The number of benzene rings is 1. The van der Waals surface area contributed by atoms with Crippen LogP contribution in [-0.2, 0) is 11.2 Å². The van der Waals surface area contributed by atoms with Crippen LogP contribution in [0.2, 0.25) is 0 Å². The van der Waals surface area contributed by atoms with Gasteiger partial charge in [0.05, 0.1) is 13.2 Å². The summed E-state index contributed by atoms with van der Waals surface area (Å²) in [5.41, 5.74) is 2.31. The number of ether oxygens (including phenoxy) is 1. The molecule has 21 heavy (non-hydrogen) atoms. The molecule has 1 saturated heterocycles. The number of amides is 2. The van der Waals surface area contributed by atoms with E-state index in [-0.39, 0.29) is 6.03 Å². The van der Waals surface area contributed by atoms with Gasteiger partial charge in [-0.1, -0.05) is 18.2 Å². The van der Waals surface area contributed by atoms with Gasteiger partial charge in [0, 0.05) is 37.9 Å². The SMILES string of the molecule is CC(CNC(=O)N1CCc2ccccc21)N1CCOCC1. The lowest BCUT2D eigenvalue weighted by Crippen LogP contribution is -2.49. The Balaban J connectivity index is 1.53. The second-order valence-electron chi connectivity index (χ2n) is 5.71. The van der Waals surface area contributed by atoms with Crippen molar-refractivity contribution in [1.82, 2.24) is 10.2 Å². The number of nitrogens with zero attached hydrogens (tertiary/aromatic N) is 2. The molecule has 0 aromatic heterocycles. The topological polar surface area (TPSA) is 44.8 Å². The minimum absolute atomic E-state index is 0.0139. The first-order valence-electron chi connectivity index (χ1n) is 7.71. The van der Waals surface area contributed by atoms with Gasteiger partial charge in [0.15, 0.2) is 0 Å². The highest BCUT2D eigenvalue weighted by Gasteiger charge is 2.25. The second kappa shape index (κ2) is 6.45. The predicted molar refractivity (Wildman–Crippen MR) is 82.7 cm³/mol. The van der Waals surface area contributed by atoms with E-state index in [0.717, 1.165) is 45.0 Å². The quantitative estimate of drug-likeness (QED) is 0.917. The Morgan fingerprint density at radius 1 is 1.29 bits per heavy atom. The van der Waals surface area contributed by atoms with Crippen molar-refractivity contribution in [2.75, 3.05) is 44.3 Å². The first-order chi connectivity index (χ1) is 10.3. The number of urea groups is 1. The normalized spacial score (nSPS) is 20.1. The van der Waals surface area contributed by atoms with Crippen molar-refractivity contribution in [2.45, 2.75) is 19.4 Å². The molecule has 1 fully saturated rings. The smallest absolute Gasteiger partial charge is 0.321 e. The van der Waals surface area contributed by atoms with E-state index in [0.29, 0.717) is 12.6 Å². The zero-order valence-electron chi connectivity index (χ0n) is 12.5. The number of nitrogens with one attached hydrogen (secondary N) is 1. The molecule has 3 rings (SSSR count). The summed E-state index contributed by atoms with van der Waals surface area (Å²) in [6, 6.07) is 8.49. The lowest BCUT2D eigenvalue weighted by atomic mass is 10.2. The first-order valence-corrected chi connectivity index (χ1v) is 7.71. The van der Waals surface area contributed by atoms with Crippen LogP contribution in [0.15, 0.2) is 24.3 Å². The monoisotopic (exact) mass is 289 g/mol. The molecule has 1 aromatic rings. The number of carbonyl (C=O) groups is 1. The molecule has 0 aliphatic carbocycles. The molecule has 0 saturated carbocycles. The zero-order chi connectivity index (χ0) is 14.7. The van der Waals surface area contributed by atoms with E-state index in [2.05, 4.69) is 23.2 Å². The second-order valence-corrected chi connectivity index (χ2v) is 5.71. The van der Waals surface area contributed by atoms with Crippen LogP contribution in [0, 0.1) is 0 Å². The fourth-order valence-electron chi connectivity index (χ4n) is 3.03. The molecule has 2 aliphatic heterocycles. The van der Waals surface area contributed by atoms with Gasteiger partial charge in [0.1, 0.15) is 0 Å². The van der Waals surface area contributed by atoms with Gasteiger partial charge in [0.2, 0.25) is 0 Å². The van der Waals surface area contributed by atoms with Gasteiger partial charge in [-0.2, -0.15) is 0 Å². The molecule has 2 heterocycles. The Bertz CT molecular complexity index is 500. The van der Waals surface area contributed by atoms with Gasteiger partial charge in [-0.05, 0) is 25.0 Å². The maximum absolute atomic E-state index is 12.4. The zero-order valence-corrected chi connectivity index (χ0v) is 12.5. The summed E-state index contributed by atoms with van der Waals surface area (Å²) in [4.78, 5) is 16.6. The van der Waals surface area contributed by atoms with Crippen molar-refractivity contribution in [3.05, 3.63) is 29.8 Å². The molecular weight excluding hydrogens is 266 g/mol. The summed E-state index contributed by atoms with van der Waals surface area (Å²) in [5.74, 6) is 0. The Hall–Kier alpha value is -1.59. The summed E-state index contributed by atoms with van der Waals surface area (Å²) < 4.78 is 5.36. The minimum atomic E-state index is 0.0139. The van der Waals surface area contributed by atoms with Crippen LogP contribution in [0.1, 0.15) is 12.5 Å². The van der Waals surface area contributed by atoms with E-state index in [1.807, 2.05) is 23.1 Å². The van der Waals surface area contributed by atoms with Gasteiger partial charge in [-0.3, -0.25) is 9.80 Å². The number of hydrogen-bond donors (Lipinski definition) is 1. The standard InChI is InChI=1S/C16H23N3O2/c1-13(18-8-10-21-11-9-18)12-17-16(20)19-7-6-14-4-2-3-5-15(14)19/h2-5,13H,6-12H2,1H3,(H,17,20). The summed E-state index contributed by atoms with van der Waals surface area (Å²) >= 11 is 0. The van der Waals surface area contributed by atoms with Crippen molar-refractivity contribution in [2.24, 2.45) is 0 Å². The summed E-state index contributed by atoms with van der Waals surface area (Å²) in [6.45, 7) is 7.08. The maximum Gasteiger partial charge on any atom is 0.321 e. The average Bonchev–Trinajstić information content (AvgIpc) is 2.97. The first kappa shape index (κ1) is 14.4. The Kier molecular flexibility index (Phi) is 4.41. The molecule has 5 heteroatoms. The van der Waals surface area contributed by atoms with Gasteiger partial charge in [-0.25, -0.2) is 4.79 Å². The van der Waals surface area contributed by atoms with Crippen LogP contribution in [0.25, 0.3) is 0 Å². The van der Waals surface area contributed by atoms with Crippen LogP contribution in [0.3, 0.4) is 0 Å². The number of hydrogen-bond acceptors (Lipinski definition) is 3. The van der Waals surface area contributed by atoms with Crippen molar-refractivity contribution in [1.29, 1.82) is 0 Å². The lowest BCUT2D eigenvalue weighted by Gasteiger charge is -2.32. The molecule has 1 atom stereocenters. The molecule has 5 nitrogen and oxygen atoms in total. The molecule has 2 amide bonds. The molecule has 1 aromatic carbocycles. The third-order valence-electron chi connectivity index (χ3n) is 4.35. The minimum Gasteiger partial charge on any atom is -0.379 e. The fraction of sp³-hybridized carbons (Fsp3) is 0.562. The maximum atomic E-state index is 12.4. The van der Waals surface area contributed by atoms with Crippen LogP contribution in [0.4, 0.5) is 10.5 Å². The summed E-state index contributed by atoms with van der Waals surface area (Å²) in [7, 11) is 0. The highest BCUT2D eigenvalue weighted by atomic mass is 16.5. The molecular formula is C16H23N3O2. The summed E-state index contributed by atoms with van der Waals surface area (Å²) in [6.07, 6.45) is 0.947. The van der Waals surface area contributed by atoms with E-state index in [1.165, 1.54) is 5.56 Å². The lowest BCUT2D eigenvalue weighted by molar-refractivity contribution is 0.0209.